The van der Waals surface area contributed by atoms with Gasteiger partial charge in [0, 0.05) is 13.3 Å². The third kappa shape index (κ3) is 2.79. The van der Waals surface area contributed by atoms with Gasteiger partial charge in [0.2, 0.25) is 0 Å². The molecule has 0 aliphatic heterocycles. The van der Waals surface area contributed by atoms with Crippen LogP contribution in [0.5, 0.6) is 0 Å². The summed E-state index contributed by atoms with van der Waals surface area (Å²) in [5, 5.41) is 8.41. The number of aliphatic carboxylic acids is 1. The van der Waals surface area contributed by atoms with E-state index in [1.54, 1.807) is 0 Å². The van der Waals surface area contributed by atoms with Gasteiger partial charge in [-0.25, -0.2) is 9.18 Å². The van der Waals surface area contributed by atoms with E-state index in [2.05, 4.69) is 4.99 Å². The second-order valence-corrected chi connectivity index (χ2v) is 1.76. The number of alkyl halides is 1. The van der Waals surface area contributed by atoms with Gasteiger partial charge in [-0.2, -0.15) is 0 Å². The molecule has 0 rings (SSSR count). The Labute approximate surface area is 63.2 Å². The van der Waals surface area contributed by atoms with E-state index in [-0.39, 0.29) is 11.3 Å². The molecule has 0 aliphatic rings. The Morgan fingerprint density at radius 2 is 2.36 bits per heavy atom. The van der Waals surface area contributed by atoms with E-state index >= 15 is 0 Å². The van der Waals surface area contributed by atoms with Crippen LogP contribution in [0.3, 0.4) is 0 Å². The number of hydrogen-bond acceptors (Lipinski definition) is 3. The third-order valence-electron chi connectivity index (χ3n) is 0.979. The van der Waals surface area contributed by atoms with Gasteiger partial charge in [0.15, 0.2) is 0 Å². The van der Waals surface area contributed by atoms with E-state index in [9.17, 15) is 9.18 Å². The summed E-state index contributed by atoms with van der Waals surface area (Å²) in [4.78, 5) is 13.7. The molecule has 0 aromatic carbocycles. The zero-order valence-corrected chi connectivity index (χ0v) is 6.04. The summed E-state index contributed by atoms with van der Waals surface area (Å²) in [5.41, 5.74) is 4.42. The molecule has 5 heteroatoms. The lowest BCUT2D eigenvalue weighted by molar-refractivity contribution is -0.132. The Balaban J connectivity index is 4.72. The number of nitrogens with zero attached hydrogens (tertiary/aromatic N) is 1. The maximum absolute atomic E-state index is 11.8. The highest BCUT2D eigenvalue weighted by Gasteiger charge is 2.08. The minimum Gasteiger partial charge on any atom is -0.478 e. The van der Waals surface area contributed by atoms with Crippen LogP contribution >= 0.6 is 0 Å². The Hall–Kier alpha value is -1.39. The molecule has 0 aliphatic carbocycles. The van der Waals surface area contributed by atoms with Gasteiger partial charge >= 0.3 is 5.97 Å². The quantitative estimate of drug-likeness (QED) is 0.449. The minimum atomic E-state index is -1.27. The topological polar surface area (TPSA) is 75.7 Å². The maximum Gasteiger partial charge on any atom is 0.339 e. The molecule has 62 valence electrons. The molecule has 0 amide bonds. The van der Waals surface area contributed by atoms with Crippen LogP contribution in [0.15, 0.2) is 16.3 Å². The molecule has 11 heavy (non-hydrogen) atoms. The SMILES string of the molecule is CN=C/C(C(=O)O)=C(\N)CF. The molecule has 0 heterocycles. The molecule has 0 saturated heterocycles. The van der Waals surface area contributed by atoms with Gasteiger partial charge in [0.1, 0.15) is 6.67 Å². The summed E-state index contributed by atoms with van der Waals surface area (Å²) in [7, 11) is 1.38. The van der Waals surface area contributed by atoms with Gasteiger partial charge in [0.25, 0.3) is 0 Å². The molecule has 0 fully saturated rings. The fraction of sp³-hybridized carbons (Fsp3) is 0.333. The molecule has 0 aromatic heterocycles. The monoisotopic (exact) mass is 160 g/mol. The Kier molecular flexibility index (Phi) is 3.87. The van der Waals surface area contributed by atoms with E-state index in [1.807, 2.05) is 0 Å². The normalized spacial score (nSPS) is 13.3. The minimum absolute atomic E-state index is 0.296. The predicted molar refractivity (Wildman–Crippen MR) is 39.2 cm³/mol. The van der Waals surface area contributed by atoms with Crippen molar-refractivity contribution >= 4 is 12.2 Å². The summed E-state index contributed by atoms with van der Waals surface area (Å²) >= 11 is 0. The Morgan fingerprint density at radius 3 is 2.64 bits per heavy atom. The lowest BCUT2D eigenvalue weighted by atomic mass is 10.2. The second-order valence-electron chi connectivity index (χ2n) is 1.76. The molecule has 3 N–H and O–H groups in total. The predicted octanol–water partition coefficient (Wildman–Crippen LogP) is -0.0461. The first kappa shape index (κ1) is 9.61. The number of nitrogens with two attached hydrogens (primary N) is 1. The van der Waals surface area contributed by atoms with E-state index in [0.717, 1.165) is 6.21 Å². The van der Waals surface area contributed by atoms with Gasteiger partial charge in [-0.15, -0.1) is 0 Å². The Morgan fingerprint density at radius 1 is 1.82 bits per heavy atom. The first-order valence-corrected chi connectivity index (χ1v) is 2.83. The zero-order valence-electron chi connectivity index (χ0n) is 6.04. The van der Waals surface area contributed by atoms with Crippen molar-refractivity contribution in [2.45, 2.75) is 0 Å². The van der Waals surface area contributed by atoms with Gasteiger partial charge in [-0.1, -0.05) is 0 Å². The largest absolute Gasteiger partial charge is 0.478 e. The number of carboxylic acids is 1. The molecule has 0 bridgehead atoms. The standard InChI is InChI=1S/C6H9FN2O2/c1-9-3-4(6(10)11)5(8)2-7/h3H,2,8H2,1H3,(H,10,11)/b5-4+,9-3?. The highest BCUT2D eigenvalue weighted by molar-refractivity contribution is 6.09. The number of aliphatic imine (C=N–C) groups is 1. The first-order chi connectivity index (χ1) is 5.13. The van der Waals surface area contributed by atoms with E-state index in [1.165, 1.54) is 7.05 Å². The molecule has 0 radical (unpaired) electrons. The number of hydrogen-bond donors (Lipinski definition) is 2. The molecule has 0 spiro atoms. The summed E-state index contributed by atoms with van der Waals surface area (Å²) in [6, 6.07) is 0. The van der Waals surface area contributed by atoms with Gasteiger partial charge in [-0.05, 0) is 0 Å². The summed E-state index contributed by atoms with van der Waals surface area (Å²) in [5.74, 6) is -1.27. The van der Waals surface area contributed by atoms with Crippen LogP contribution in [0.1, 0.15) is 0 Å². The molecular formula is C6H9FN2O2. The number of carboxylic acid groups (broad SMARTS) is 1. The summed E-state index contributed by atoms with van der Waals surface area (Å²) in [6.07, 6.45) is 1.01. The highest BCUT2D eigenvalue weighted by Crippen LogP contribution is 1.96. The molecular weight excluding hydrogens is 151 g/mol. The maximum atomic E-state index is 11.8. The van der Waals surface area contributed by atoms with Crippen molar-refractivity contribution in [3.63, 3.8) is 0 Å². The van der Waals surface area contributed by atoms with Crippen molar-refractivity contribution in [2.24, 2.45) is 10.7 Å². The Bertz CT molecular complexity index is 211. The molecule has 0 unspecified atom stereocenters. The average molecular weight is 160 g/mol. The van der Waals surface area contributed by atoms with Gasteiger partial charge in [0.05, 0.1) is 11.3 Å². The summed E-state index contributed by atoms with van der Waals surface area (Å²) < 4.78 is 11.8. The lowest BCUT2D eigenvalue weighted by Crippen LogP contribution is -2.12. The zero-order chi connectivity index (χ0) is 8.85. The lowest BCUT2D eigenvalue weighted by Gasteiger charge is -1.97. The van der Waals surface area contributed by atoms with E-state index in [4.69, 9.17) is 10.8 Å². The number of halogens is 1. The number of allylic oxidation sites excluding steroid dienone is 1. The van der Waals surface area contributed by atoms with Crippen LogP contribution in [-0.4, -0.2) is 31.0 Å². The van der Waals surface area contributed by atoms with Crippen LogP contribution in [-0.2, 0) is 4.79 Å². The van der Waals surface area contributed by atoms with Crippen LogP contribution in [0.25, 0.3) is 0 Å². The van der Waals surface area contributed by atoms with Crippen LogP contribution < -0.4 is 5.73 Å². The van der Waals surface area contributed by atoms with Crippen LogP contribution in [0.4, 0.5) is 4.39 Å². The van der Waals surface area contributed by atoms with Gasteiger partial charge < -0.3 is 10.8 Å². The highest BCUT2D eigenvalue weighted by atomic mass is 19.1. The van der Waals surface area contributed by atoms with Crippen molar-refractivity contribution < 1.29 is 14.3 Å². The van der Waals surface area contributed by atoms with E-state index in [0.29, 0.717) is 0 Å². The smallest absolute Gasteiger partial charge is 0.339 e. The van der Waals surface area contributed by atoms with Crippen LogP contribution in [0, 0.1) is 0 Å². The average Bonchev–Trinajstić information content (AvgIpc) is 1.98. The van der Waals surface area contributed by atoms with Crippen molar-refractivity contribution in [1.29, 1.82) is 0 Å². The fourth-order valence-corrected chi connectivity index (χ4v) is 0.477. The van der Waals surface area contributed by atoms with Crippen LogP contribution in [0.2, 0.25) is 0 Å². The van der Waals surface area contributed by atoms with Crippen molar-refractivity contribution in [2.75, 3.05) is 13.7 Å². The van der Waals surface area contributed by atoms with Crippen molar-refractivity contribution in [1.82, 2.24) is 0 Å². The van der Waals surface area contributed by atoms with Crippen molar-refractivity contribution in [3.05, 3.63) is 11.3 Å². The molecule has 0 saturated carbocycles. The second kappa shape index (κ2) is 4.43. The van der Waals surface area contributed by atoms with Gasteiger partial charge in [-0.3, -0.25) is 4.99 Å². The number of carbonyl (C=O) groups is 1. The third-order valence-corrected chi connectivity index (χ3v) is 0.979. The molecule has 0 atom stereocenters. The molecule has 0 aromatic rings. The number of rotatable bonds is 3. The summed E-state index contributed by atoms with van der Waals surface area (Å²) in [6.45, 7) is -0.979. The molecule has 4 nitrogen and oxygen atoms in total. The first-order valence-electron chi connectivity index (χ1n) is 2.83. The van der Waals surface area contributed by atoms with Crippen molar-refractivity contribution in [3.8, 4) is 0 Å². The fourth-order valence-electron chi connectivity index (χ4n) is 0.477. The van der Waals surface area contributed by atoms with E-state index < -0.39 is 12.6 Å².